The summed E-state index contributed by atoms with van der Waals surface area (Å²) in [5.41, 5.74) is 0. The molecule has 5 heteroatoms. The molecule has 2 rings (SSSR count). The summed E-state index contributed by atoms with van der Waals surface area (Å²) in [7, 11) is 0. The van der Waals surface area contributed by atoms with Gasteiger partial charge < -0.3 is 14.7 Å². The number of aliphatic hydroxyl groups excluding tert-OH is 1. The Morgan fingerprint density at radius 3 is 2.95 bits per heavy atom. The van der Waals surface area contributed by atoms with Gasteiger partial charge in [-0.25, -0.2) is 0 Å². The summed E-state index contributed by atoms with van der Waals surface area (Å²) in [5.74, 6) is 1.27. The number of rotatable bonds is 5. The zero-order chi connectivity index (χ0) is 14.5. The van der Waals surface area contributed by atoms with Gasteiger partial charge in [-0.15, -0.1) is 0 Å². The first-order valence-corrected chi connectivity index (χ1v) is 7.78. The van der Waals surface area contributed by atoms with Gasteiger partial charge in [0.2, 0.25) is 0 Å². The molecule has 1 aromatic carbocycles. The lowest BCUT2D eigenvalue weighted by atomic mass is 10.0. The van der Waals surface area contributed by atoms with E-state index in [1.165, 1.54) is 12.8 Å². The summed E-state index contributed by atoms with van der Waals surface area (Å²) < 4.78 is 5.55. The van der Waals surface area contributed by atoms with Crippen LogP contribution in [-0.4, -0.2) is 42.4 Å². The van der Waals surface area contributed by atoms with Gasteiger partial charge in [0.25, 0.3) is 0 Å². The SMILES string of the molecule is C[C@H]1CCCN(C[C@H](O)COc2ccc(Cl)cc2Cl)C1. The number of aliphatic hydroxyl groups is 1. The molecule has 0 amide bonds. The van der Waals surface area contributed by atoms with Gasteiger partial charge in [0.1, 0.15) is 18.5 Å². The molecule has 1 N–H and O–H groups in total. The number of hydrogen-bond acceptors (Lipinski definition) is 3. The molecule has 0 unspecified atom stereocenters. The number of ether oxygens (including phenoxy) is 1. The summed E-state index contributed by atoms with van der Waals surface area (Å²) >= 11 is 11.8. The predicted octanol–water partition coefficient (Wildman–Crippen LogP) is 3.47. The molecule has 0 aliphatic carbocycles. The second kappa shape index (κ2) is 7.51. The van der Waals surface area contributed by atoms with Crippen molar-refractivity contribution in [2.24, 2.45) is 5.92 Å². The van der Waals surface area contributed by atoms with E-state index in [1.807, 2.05) is 0 Å². The van der Waals surface area contributed by atoms with Gasteiger partial charge in [0.15, 0.2) is 0 Å². The topological polar surface area (TPSA) is 32.7 Å². The Balaban J connectivity index is 1.78. The molecular weight excluding hydrogens is 297 g/mol. The number of likely N-dealkylation sites (tertiary alicyclic amines) is 1. The average Bonchev–Trinajstić information content (AvgIpc) is 2.37. The molecule has 1 aromatic rings. The van der Waals surface area contributed by atoms with Gasteiger partial charge >= 0.3 is 0 Å². The van der Waals surface area contributed by atoms with E-state index in [9.17, 15) is 5.11 Å². The molecule has 1 aliphatic heterocycles. The highest BCUT2D eigenvalue weighted by Gasteiger charge is 2.19. The Morgan fingerprint density at radius 2 is 2.25 bits per heavy atom. The monoisotopic (exact) mass is 317 g/mol. The molecule has 20 heavy (non-hydrogen) atoms. The maximum absolute atomic E-state index is 10.1. The van der Waals surface area contributed by atoms with Gasteiger partial charge in [-0.2, -0.15) is 0 Å². The molecule has 112 valence electrons. The molecule has 0 spiro atoms. The van der Waals surface area contributed by atoms with Crippen LogP contribution in [0.1, 0.15) is 19.8 Å². The van der Waals surface area contributed by atoms with Crippen molar-refractivity contribution in [1.29, 1.82) is 0 Å². The van der Waals surface area contributed by atoms with Crippen LogP contribution in [-0.2, 0) is 0 Å². The third-order valence-corrected chi connectivity index (χ3v) is 4.07. The van der Waals surface area contributed by atoms with Crippen LogP contribution in [0.25, 0.3) is 0 Å². The molecule has 0 saturated carbocycles. The highest BCUT2D eigenvalue weighted by atomic mass is 35.5. The average molecular weight is 318 g/mol. The van der Waals surface area contributed by atoms with Crippen LogP contribution in [0, 0.1) is 5.92 Å². The third-order valence-electron chi connectivity index (χ3n) is 3.54. The van der Waals surface area contributed by atoms with E-state index >= 15 is 0 Å². The van der Waals surface area contributed by atoms with Crippen molar-refractivity contribution < 1.29 is 9.84 Å². The molecule has 2 atom stereocenters. The third kappa shape index (κ3) is 4.81. The number of nitrogens with zero attached hydrogens (tertiary/aromatic N) is 1. The Bertz CT molecular complexity index is 442. The van der Waals surface area contributed by atoms with Crippen LogP contribution < -0.4 is 4.74 Å². The highest BCUT2D eigenvalue weighted by molar-refractivity contribution is 6.35. The Morgan fingerprint density at radius 1 is 1.45 bits per heavy atom. The van der Waals surface area contributed by atoms with Crippen LogP contribution in [0.15, 0.2) is 18.2 Å². The Hall–Kier alpha value is -0.480. The first-order chi connectivity index (χ1) is 9.54. The highest BCUT2D eigenvalue weighted by Crippen LogP contribution is 2.27. The smallest absolute Gasteiger partial charge is 0.138 e. The summed E-state index contributed by atoms with van der Waals surface area (Å²) in [6.07, 6.45) is 1.98. The van der Waals surface area contributed by atoms with Crippen molar-refractivity contribution in [2.45, 2.75) is 25.9 Å². The van der Waals surface area contributed by atoms with E-state index in [-0.39, 0.29) is 6.61 Å². The van der Waals surface area contributed by atoms with E-state index in [2.05, 4.69) is 11.8 Å². The minimum atomic E-state index is -0.507. The first-order valence-electron chi connectivity index (χ1n) is 7.03. The fourth-order valence-electron chi connectivity index (χ4n) is 2.58. The lowest BCUT2D eigenvalue weighted by molar-refractivity contribution is 0.0537. The van der Waals surface area contributed by atoms with E-state index in [4.69, 9.17) is 27.9 Å². The molecule has 0 bridgehead atoms. The van der Waals surface area contributed by atoms with E-state index < -0.39 is 6.10 Å². The molecule has 1 aliphatic rings. The largest absolute Gasteiger partial charge is 0.489 e. The lowest BCUT2D eigenvalue weighted by Crippen LogP contribution is -2.41. The van der Waals surface area contributed by atoms with Gasteiger partial charge in [0, 0.05) is 18.1 Å². The summed E-state index contributed by atoms with van der Waals surface area (Å²) in [4.78, 5) is 2.30. The predicted molar refractivity (Wildman–Crippen MR) is 82.8 cm³/mol. The second-order valence-electron chi connectivity index (χ2n) is 5.55. The van der Waals surface area contributed by atoms with Crippen molar-refractivity contribution >= 4 is 23.2 Å². The minimum absolute atomic E-state index is 0.242. The normalized spacial score (nSPS) is 21.7. The van der Waals surface area contributed by atoms with E-state index in [0.717, 1.165) is 13.1 Å². The second-order valence-corrected chi connectivity index (χ2v) is 6.39. The fraction of sp³-hybridized carbons (Fsp3) is 0.600. The molecular formula is C15H21Cl2NO2. The molecule has 0 radical (unpaired) electrons. The van der Waals surface area contributed by atoms with Crippen molar-refractivity contribution in [3.05, 3.63) is 28.2 Å². The first kappa shape index (κ1) is 15.9. The van der Waals surface area contributed by atoms with E-state index in [1.54, 1.807) is 18.2 Å². The molecule has 1 fully saturated rings. The van der Waals surface area contributed by atoms with Gasteiger partial charge in [-0.1, -0.05) is 30.1 Å². The van der Waals surface area contributed by atoms with Crippen LogP contribution >= 0.6 is 23.2 Å². The van der Waals surface area contributed by atoms with Gasteiger partial charge in [0.05, 0.1) is 5.02 Å². The van der Waals surface area contributed by atoms with Crippen molar-refractivity contribution in [3.8, 4) is 5.75 Å². The molecule has 1 heterocycles. The number of hydrogen-bond donors (Lipinski definition) is 1. The van der Waals surface area contributed by atoms with Crippen LogP contribution in [0.4, 0.5) is 0 Å². The summed E-state index contributed by atoms with van der Waals surface area (Å²) in [6, 6.07) is 5.08. The summed E-state index contributed by atoms with van der Waals surface area (Å²) in [6.45, 7) is 5.26. The van der Waals surface area contributed by atoms with Gasteiger partial charge in [-0.05, 0) is 43.5 Å². The maximum atomic E-state index is 10.1. The number of piperidine rings is 1. The quantitative estimate of drug-likeness (QED) is 0.902. The van der Waals surface area contributed by atoms with Crippen molar-refractivity contribution in [3.63, 3.8) is 0 Å². The zero-order valence-electron chi connectivity index (χ0n) is 11.7. The standard InChI is InChI=1S/C15H21Cl2NO2/c1-11-3-2-6-18(8-11)9-13(19)10-20-15-5-4-12(16)7-14(15)17/h4-5,7,11,13,19H,2-3,6,8-10H2,1H3/t11-,13-/m0/s1. The fourth-order valence-corrected chi connectivity index (χ4v) is 3.04. The zero-order valence-corrected chi connectivity index (χ0v) is 13.2. The number of β-amino-alcohol motifs (C(OH)–C–C–N with tert-alkyl or cyclic N) is 1. The van der Waals surface area contributed by atoms with Crippen molar-refractivity contribution in [2.75, 3.05) is 26.2 Å². The maximum Gasteiger partial charge on any atom is 0.138 e. The molecule has 1 saturated heterocycles. The molecule has 0 aromatic heterocycles. The van der Waals surface area contributed by atoms with E-state index in [0.29, 0.717) is 28.3 Å². The minimum Gasteiger partial charge on any atom is -0.489 e. The Kier molecular flexibility index (Phi) is 5.97. The number of halogens is 2. The van der Waals surface area contributed by atoms with Gasteiger partial charge in [-0.3, -0.25) is 0 Å². The molecule has 3 nitrogen and oxygen atoms in total. The lowest BCUT2D eigenvalue weighted by Gasteiger charge is -2.32. The Labute approximate surface area is 130 Å². The van der Waals surface area contributed by atoms with Crippen molar-refractivity contribution in [1.82, 2.24) is 4.90 Å². The van der Waals surface area contributed by atoms with Crippen LogP contribution in [0.5, 0.6) is 5.75 Å². The van der Waals surface area contributed by atoms with Crippen LogP contribution in [0.2, 0.25) is 10.0 Å². The van der Waals surface area contributed by atoms with Crippen LogP contribution in [0.3, 0.4) is 0 Å². The summed E-state index contributed by atoms with van der Waals surface area (Å²) in [5, 5.41) is 11.1. The number of benzene rings is 1.